The van der Waals surface area contributed by atoms with Crippen LogP contribution in [0.15, 0.2) is 28.8 Å². The molecule has 1 saturated heterocycles. The van der Waals surface area contributed by atoms with Crippen molar-refractivity contribution in [2.75, 3.05) is 13.1 Å². The molecule has 142 valence electrons. The van der Waals surface area contributed by atoms with E-state index in [-0.39, 0.29) is 6.09 Å². The second-order valence-electron chi connectivity index (χ2n) is 7.82. The van der Waals surface area contributed by atoms with Crippen molar-refractivity contribution in [3.8, 4) is 17.5 Å². The van der Waals surface area contributed by atoms with Gasteiger partial charge >= 0.3 is 6.09 Å². The number of likely N-dealkylation sites (tertiary alicyclic amines) is 1. The number of benzene rings is 1. The van der Waals surface area contributed by atoms with E-state index in [2.05, 4.69) is 16.2 Å². The second kappa shape index (κ2) is 7.78. The van der Waals surface area contributed by atoms with Crippen LogP contribution >= 0.6 is 0 Å². The number of ether oxygens (including phenoxy) is 1. The summed E-state index contributed by atoms with van der Waals surface area (Å²) in [6, 6.07) is 9.14. The number of aromatic nitrogens is 2. The predicted octanol–water partition coefficient (Wildman–Crippen LogP) is 3.80. The molecule has 27 heavy (non-hydrogen) atoms. The first-order chi connectivity index (χ1) is 12.8. The fraction of sp³-hybridized carbons (Fsp3) is 0.500. The summed E-state index contributed by atoms with van der Waals surface area (Å²) in [5, 5.41) is 12.9. The topological polar surface area (TPSA) is 92.2 Å². The molecule has 7 nitrogen and oxygen atoms in total. The summed E-state index contributed by atoms with van der Waals surface area (Å²) in [6.45, 7) is 6.98. The molecule has 0 atom stereocenters. The molecule has 0 spiro atoms. The zero-order valence-electron chi connectivity index (χ0n) is 15.9. The Morgan fingerprint density at radius 3 is 2.56 bits per heavy atom. The zero-order valence-corrected chi connectivity index (χ0v) is 15.9. The molecule has 0 radical (unpaired) electrons. The molecular formula is C20H24N4O3. The average molecular weight is 368 g/mol. The number of carbonyl (C=O) groups excluding carboxylic acids is 1. The van der Waals surface area contributed by atoms with Crippen LogP contribution in [0.2, 0.25) is 0 Å². The Morgan fingerprint density at radius 1 is 1.30 bits per heavy atom. The van der Waals surface area contributed by atoms with Crippen LogP contribution in [-0.2, 0) is 11.2 Å². The summed E-state index contributed by atoms with van der Waals surface area (Å²) in [4.78, 5) is 18.4. The molecule has 1 amide bonds. The van der Waals surface area contributed by atoms with Gasteiger partial charge in [-0.3, -0.25) is 0 Å². The highest BCUT2D eigenvalue weighted by molar-refractivity contribution is 5.68. The second-order valence-corrected chi connectivity index (χ2v) is 7.82. The summed E-state index contributed by atoms with van der Waals surface area (Å²) in [5.74, 6) is 1.54. The summed E-state index contributed by atoms with van der Waals surface area (Å²) < 4.78 is 10.8. The Kier molecular flexibility index (Phi) is 5.45. The summed E-state index contributed by atoms with van der Waals surface area (Å²) in [5.41, 5.74) is 0.920. The van der Waals surface area contributed by atoms with Crippen LogP contribution in [0.1, 0.15) is 45.0 Å². The Morgan fingerprint density at radius 2 is 1.96 bits per heavy atom. The lowest BCUT2D eigenvalue weighted by atomic mass is 9.93. The monoisotopic (exact) mass is 368 g/mol. The molecule has 2 heterocycles. The van der Waals surface area contributed by atoms with Gasteiger partial charge in [-0.1, -0.05) is 5.16 Å². The molecule has 0 saturated carbocycles. The van der Waals surface area contributed by atoms with Gasteiger partial charge in [0, 0.05) is 25.1 Å². The normalized spacial score (nSPS) is 15.4. The molecule has 0 aliphatic carbocycles. The van der Waals surface area contributed by atoms with E-state index in [9.17, 15) is 4.79 Å². The molecule has 7 heteroatoms. The Balaban J connectivity index is 1.53. The van der Waals surface area contributed by atoms with Crippen molar-refractivity contribution >= 4 is 6.09 Å². The first-order valence-corrected chi connectivity index (χ1v) is 9.15. The van der Waals surface area contributed by atoms with Gasteiger partial charge in [0.05, 0.1) is 11.6 Å². The van der Waals surface area contributed by atoms with E-state index >= 15 is 0 Å². The lowest BCUT2D eigenvalue weighted by molar-refractivity contribution is 0.0183. The van der Waals surface area contributed by atoms with Gasteiger partial charge in [-0.25, -0.2) is 4.79 Å². The van der Waals surface area contributed by atoms with E-state index < -0.39 is 5.60 Å². The van der Waals surface area contributed by atoms with Gasteiger partial charge in [-0.2, -0.15) is 10.2 Å². The number of hydrogen-bond acceptors (Lipinski definition) is 6. The van der Waals surface area contributed by atoms with Gasteiger partial charge in [0.15, 0.2) is 5.82 Å². The minimum atomic E-state index is -0.472. The van der Waals surface area contributed by atoms with Gasteiger partial charge in [-0.05, 0) is 63.8 Å². The summed E-state index contributed by atoms with van der Waals surface area (Å²) in [6.07, 6.45) is 2.26. The number of amides is 1. The lowest BCUT2D eigenvalue weighted by Crippen LogP contribution is -2.42. The largest absolute Gasteiger partial charge is 0.444 e. The SMILES string of the molecule is CC(C)(C)OC(=O)N1CCC(Cc2noc(-c3ccc(C#N)cc3)n2)CC1. The van der Waals surface area contributed by atoms with Crippen LogP contribution in [0, 0.1) is 17.2 Å². The van der Waals surface area contributed by atoms with E-state index in [0.717, 1.165) is 24.8 Å². The standard InChI is InChI=1S/C20H24N4O3/c1-20(2,3)26-19(25)24-10-8-14(9-11-24)12-17-22-18(27-23-17)16-6-4-15(13-21)5-7-16/h4-7,14H,8-12H2,1-3H3. The molecule has 1 aromatic heterocycles. The number of piperidine rings is 1. The van der Waals surface area contributed by atoms with Crippen LogP contribution in [0.3, 0.4) is 0 Å². The van der Waals surface area contributed by atoms with E-state index in [1.807, 2.05) is 20.8 Å². The third-order valence-corrected chi connectivity index (χ3v) is 4.47. The van der Waals surface area contributed by atoms with Crippen LogP contribution in [0.5, 0.6) is 0 Å². The number of nitrogens with zero attached hydrogens (tertiary/aromatic N) is 4. The van der Waals surface area contributed by atoms with Crippen LogP contribution in [0.25, 0.3) is 11.5 Å². The Bertz CT molecular complexity index is 822. The highest BCUT2D eigenvalue weighted by Gasteiger charge is 2.27. The van der Waals surface area contributed by atoms with Gasteiger partial charge in [0.2, 0.25) is 0 Å². The molecule has 0 unspecified atom stereocenters. The maximum atomic E-state index is 12.1. The molecule has 1 aromatic carbocycles. The number of hydrogen-bond donors (Lipinski definition) is 0. The van der Waals surface area contributed by atoms with E-state index in [1.165, 1.54) is 0 Å². The van der Waals surface area contributed by atoms with Gasteiger partial charge in [0.25, 0.3) is 5.89 Å². The van der Waals surface area contributed by atoms with Crippen LogP contribution in [0.4, 0.5) is 4.79 Å². The van der Waals surface area contributed by atoms with Gasteiger partial charge in [-0.15, -0.1) is 0 Å². The zero-order chi connectivity index (χ0) is 19.4. The third kappa shape index (κ3) is 5.07. The number of carbonyl (C=O) groups is 1. The highest BCUT2D eigenvalue weighted by atomic mass is 16.6. The number of rotatable bonds is 3. The molecular weight excluding hydrogens is 344 g/mol. The number of nitriles is 1. The maximum Gasteiger partial charge on any atom is 0.410 e. The highest BCUT2D eigenvalue weighted by Crippen LogP contribution is 2.24. The van der Waals surface area contributed by atoms with E-state index in [1.54, 1.807) is 29.2 Å². The van der Waals surface area contributed by atoms with Crippen molar-refractivity contribution in [3.63, 3.8) is 0 Å². The molecule has 0 N–H and O–H groups in total. The summed E-state index contributed by atoms with van der Waals surface area (Å²) >= 11 is 0. The average Bonchev–Trinajstić information content (AvgIpc) is 3.09. The van der Waals surface area contributed by atoms with Crippen molar-refractivity contribution in [1.82, 2.24) is 15.0 Å². The first kappa shape index (κ1) is 18.9. The van der Waals surface area contributed by atoms with Crippen molar-refractivity contribution in [1.29, 1.82) is 5.26 Å². The minimum absolute atomic E-state index is 0.247. The van der Waals surface area contributed by atoms with E-state index in [0.29, 0.717) is 36.3 Å². The van der Waals surface area contributed by atoms with Gasteiger partial charge < -0.3 is 14.2 Å². The van der Waals surface area contributed by atoms with Crippen molar-refractivity contribution < 1.29 is 14.1 Å². The Hall–Kier alpha value is -2.88. The van der Waals surface area contributed by atoms with Crippen molar-refractivity contribution in [3.05, 3.63) is 35.7 Å². The van der Waals surface area contributed by atoms with Crippen LogP contribution < -0.4 is 0 Å². The van der Waals surface area contributed by atoms with E-state index in [4.69, 9.17) is 14.5 Å². The van der Waals surface area contributed by atoms with Crippen LogP contribution in [-0.4, -0.2) is 39.8 Å². The lowest BCUT2D eigenvalue weighted by Gasteiger charge is -2.33. The fourth-order valence-electron chi connectivity index (χ4n) is 3.05. The third-order valence-electron chi connectivity index (χ3n) is 4.47. The molecule has 1 aliphatic rings. The maximum absolute atomic E-state index is 12.1. The van der Waals surface area contributed by atoms with Crippen molar-refractivity contribution in [2.24, 2.45) is 5.92 Å². The quantitative estimate of drug-likeness (QED) is 0.818. The smallest absolute Gasteiger partial charge is 0.410 e. The minimum Gasteiger partial charge on any atom is -0.444 e. The molecule has 0 bridgehead atoms. The molecule has 1 aliphatic heterocycles. The fourth-order valence-corrected chi connectivity index (χ4v) is 3.05. The first-order valence-electron chi connectivity index (χ1n) is 9.15. The predicted molar refractivity (Wildman–Crippen MR) is 98.7 cm³/mol. The Labute approximate surface area is 158 Å². The van der Waals surface area contributed by atoms with Gasteiger partial charge in [0.1, 0.15) is 5.60 Å². The molecule has 3 rings (SSSR count). The molecule has 2 aromatic rings. The summed E-state index contributed by atoms with van der Waals surface area (Å²) in [7, 11) is 0. The van der Waals surface area contributed by atoms with Crippen molar-refractivity contribution in [2.45, 2.75) is 45.6 Å². The molecule has 1 fully saturated rings.